The Labute approximate surface area is 67.6 Å². The zero-order valence-electron chi connectivity index (χ0n) is 6.31. The fourth-order valence-corrected chi connectivity index (χ4v) is 1.36. The normalized spacial score (nSPS) is 53.8. The molecule has 0 radical (unpaired) electrons. The van der Waals surface area contributed by atoms with Gasteiger partial charge in [0.1, 0.15) is 0 Å². The van der Waals surface area contributed by atoms with Gasteiger partial charge in [0, 0.05) is 6.42 Å². The van der Waals surface area contributed by atoms with E-state index in [1.807, 2.05) is 0 Å². The lowest BCUT2D eigenvalue weighted by molar-refractivity contribution is -0.662. The zero-order chi connectivity index (χ0) is 8.61. The molecule has 12 heavy (non-hydrogen) atoms. The second kappa shape index (κ2) is 1.54. The molecule has 1 spiro atoms. The molecule has 4 aliphatic rings. The summed E-state index contributed by atoms with van der Waals surface area (Å²) >= 11 is 0. The summed E-state index contributed by atoms with van der Waals surface area (Å²) < 4.78 is 19.5. The van der Waals surface area contributed by atoms with Gasteiger partial charge in [0.25, 0.3) is 5.97 Å². The number of ether oxygens (including phenoxy) is 4. The van der Waals surface area contributed by atoms with Crippen molar-refractivity contribution < 1.29 is 29.2 Å². The molecule has 1 atom stereocenters. The molecule has 6 heteroatoms. The Morgan fingerprint density at radius 3 is 2.50 bits per heavy atom. The van der Waals surface area contributed by atoms with Crippen LogP contribution in [0.4, 0.5) is 0 Å². The van der Waals surface area contributed by atoms with E-state index in [0.717, 1.165) is 0 Å². The Morgan fingerprint density at radius 2 is 2.17 bits per heavy atom. The zero-order valence-corrected chi connectivity index (χ0v) is 6.31. The molecule has 0 aliphatic carbocycles. The SMILES string of the molecule is CCC(O)(O)OC12OC3(OC31)O2. The molecular weight excluding hydrogens is 168 g/mol. The first-order valence-electron chi connectivity index (χ1n) is 3.75. The number of hydrogen-bond acceptors (Lipinski definition) is 6. The molecule has 4 rings (SSSR count). The average Bonchev–Trinajstić information content (AvgIpc) is 2.47. The van der Waals surface area contributed by atoms with Crippen LogP contribution in [-0.4, -0.2) is 34.2 Å². The topological polar surface area (TPSA) is 80.7 Å². The fourth-order valence-electron chi connectivity index (χ4n) is 1.36. The van der Waals surface area contributed by atoms with Crippen LogP contribution in [0.1, 0.15) is 13.3 Å². The van der Waals surface area contributed by atoms with Crippen molar-refractivity contribution in [1.82, 2.24) is 0 Å². The molecule has 2 bridgehead atoms. The first-order valence-corrected chi connectivity index (χ1v) is 3.75. The summed E-state index contributed by atoms with van der Waals surface area (Å²) in [6, 6.07) is 0. The van der Waals surface area contributed by atoms with E-state index in [1.165, 1.54) is 0 Å². The van der Waals surface area contributed by atoms with Gasteiger partial charge in [0.2, 0.25) is 6.10 Å². The summed E-state index contributed by atoms with van der Waals surface area (Å²) in [6.07, 6.45) is -0.253. The minimum atomic E-state index is -2.21. The molecule has 2 N–H and O–H groups in total. The van der Waals surface area contributed by atoms with Crippen molar-refractivity contribution in [2.24, 2.45) is 0 Å². The van der Waals surface area contributed by atoms with Gasteiger partial charge in [-0.1, -0.05) is 6.92 Å². The van der Waals surface area contributed by atoms with Crippen LogP contribution in [0.3, 0.4) is 0 Å². The van der Waals surface area contributed by atoms with E-state index in [-0.39, 0.29) is 12.5 Å². The van der Waals surface area contributed by atoms with Gasteiger partial charge in [0.15, 0.2) is 0 Å². The summed E-state index contributed by atoms with van der Waals surface area (Å²) in [5, 5.41) is 18.2. The van der Waals surface area contributed by atoms with Crippen LogP contribution in [0.15, 0.2) is 0 Å². The van der Waals surface area contributed by atoms with Gasteiger partial charge >= 0.3 is 11.9 Å². The Balaban J connectivity index is 1.69. The standard InChI is InChI=1S/C6H8O6/c1-2-4(7,8)10-6-3-5(9-3,11-6)12-6/h3,7-8H,2H2,1H3. The maximum Gasteiger partial charge on any atom is 0.332 e. The van der Waals surface area contributed by atoms with Crippen LogP contribution < -0.4 is 0 Å². The van der Waals surface area contributed by atoms with Crippen LogP contribution in [0.5, 0.6) is 0 Å². The molecule has 0 aromatic carbocycles. The lowest BCUT2D eigenvalue weighted by Crippen LogP contribution is -2.76. The second-order valence-electron chi connectivity index (χ2n) is 3.11. The maximum absolute atomic E-state index is 9.10. The molecule has 1 unspecified atom stereocenters. The lowest BCUT2D eigenvalue weighted by Gasteiger charge is -2.53. The predicted octanol–water partition coefficient (Wildman–Crippen LogP) is -1.18. The van der Waals surface area contributed by atoms with Gasteiger partial charge in [-0.15, -0.1) is 0 Å². The average molecular weight is 176 g/mol. The Hall–Kier alpha value is -0.240. The molecule has 0 aromatic heterocycles. The molecule has 4 heterocycles. The van der Waals surface area contributed by atoms with Crippen molar-refractivity contribution in [2.45, 2.75) is 37.4 Å². The molecular formula is C6H8O6. The van der Waals surface area contributed by atoms with Gasteiger partial charge in [-0.3, -0.25) is 14.2 Å². The van der Waals surface area contributed by atoms with Crippen LogP contribution in [0.25, 0.3) is 0 Å². The largest absolute Gasteiger partial charge is 0.343 e. The maximum atomic E-state index is 9.10. The lowest BCUT2D eigenvalue weighted by atomic mass is 10.1. The molecule has 0 amide bonds. The number of aliphatic hydroxyl groups is 2. The molecule has 68 valence electrons. The van der Waals surface area contributed by atoms with Crippen molar-refractivity contribution in [1.29, 1.82) is 0 Å². The minimum absolute atomic E-state index is 0.0290. The third-order valence-corrected chi connectivity index (χ3v) is 2.20. The van der Waals surface area contributed by atoms with Crippen LogP contribution in [0, 0.1) is 0 Å². The van der Waals surface area contributed by atoms with Crippen molar-refractivity contribution >= 4 is 0 Å². The van der Waals surface area contributed by atoms with E-state index in [1.54, 1.807) is 6.92 Å². The van der Waals surface area contributed by atoms with Crippen molar-refractivity contribution in [3.63, 3.8) is 0 Å². The van der Waals surface area contributed by atoms with E-state index in [2.05, 4.69) is 0 Å². The summed E-state index contributed by atoms with van der Waals surface area (Å²) in [5.41, 5.74) is 0. The highest BCUT2D eigenvalue weighted by Gasteiger charge is 2.99. The van der Waals surface area contributed by atoms with Crippen molar-refractivity contribution in [2.75, 3.05) is 0 Å². The first kappa shape index (κ1) is 7.19. The van der Waals surface area contributed by atoms with E-state index in [4.69, 9.17) is 29.2 Å². The van der Waals surface area contributed by atoms with E-state index < -0.39 is 17.9 Å². The number of rotatable bonds is 3. The molecule has 0 aromatic rings. The highest BCUT2D eigenvalue weighted by atomic mass is 17.2. The fraction of sp³-hybridized carbons (Fsp3) is 1.00. The Kier molecular flexibility index (Phi) is 0.926. The van der Waals surface area contributed by atoms with Gasteiger partial charge in [0.05, 0.1) is 0 Å². The number of epoxide rings is 1. The minimum Gasteiger partial charge on any atom is -0.343 e. The van der Waals surface area contributed by atoms with Gasteiger partial charge < -0.3 is 14.9 Å². The predicted molar refractivity (Wildman–Crippen MR) is 31.0 cm³/mol. The van der Waals surface area contributed by atoms with Crippen LogP contribution >= 0.6 is 0 Å². The third-order valence-electron chi connectivity index (χ3n) is 2.20. The van der Waals surface area contributed by atoms with E-state index >= 15 is 0 Å². The Bertz CT molecular complexity index is 242. The Morgan fingerprint density at radius 1 is 1.50 bits per heavy atom. The van der Waals surface area contributed by atoms with Crippen LogP contribution in [-0.2, 0) is 18.9 Å². The monoisotopic (exact) mass is 176 g/mol. The first-order chi connectivity index (χ1) is 5.52. The van der Waals surface area contributed by atoms with Gasteiger partial charge in [-0.2, -0.15) is 0 Å². The molecule has 0 saturated carbocycles. The van der Waals surface area contributed by atoms with Gasteiger partial charge in [-0.05, 0) is 0 Å². The smallest absolute Gasteiger partial charge is 0.332 e. The quantitative estimate of drug-likeness (QED) is 0.416. The summed E-state index contributed by atoms with van der Waals surface area (Å²) in [4.78, 5) is 0. The molecule has 4 aliphatic heterocycles. The van der Waals surface area contributed by atoms with Crippen LogP contribution in [0.2, 0.25) is 0 Å². The van der Waals surface area contributed by atoms with Crippen molar-refractivity contribution in [3.8, 4) is 0 Å². The van der Waals surface area contributed by atoms with E-state index in [0.29, 0.717) is 0 Å². The highest BCUT2D eigenvalue weighted by molar-refractivity contribution is 5.15. The summed E-state index contributed by atoms with van der Waals surface area (Å²) in [6.45, 7) is 1.56. The van der Waals surface area contributed by atoms with Gasteiger partial charge in [-0.25, -0.2) is 0 Å². The molecule has 6 nitrogen and oxygen atoms in total. The summed E-state index contributed by atoms with van der Waals surface area (Å²) in [7, 11) is 0. The second-order valence-corrected chi connectivity index (χ2v) is 3.11. The molecule has 4 saturated heterocycles. The molecule has 4 fully saturated rings. The van der Waals surface area contributed by atoms with E-state index in [9.17, 15) is 0 Å². The van der Waals surface area contributed by atoms with Crippen molar-refractivity contribution in [3.05, 3.63) is 0 Å². The number of hydrogen-bond donors (Lipinski definition) is 2. The third kappa shape index (κ3) is 0.586. The highest BCUT2D eigenvalue weighted by Crippen LogP contribution is 2.72. The summed E-state index contributed by atoms with van der Waals surface area (Å²) in [5.74, 6) is -4.44.